The zero-order valence-corrected chi connectivity index (χ0v) is 12.3. The Bertz CT molecular complexity index is 689. The molecule has 0 aromatic heterocycles. The largest absolute Gasteiger partial charge is 0.323 e. The van der Waals surface area contributed by atoms with E-state index >= 15 is 0 Å². The number of anilines is 1. The zero-order valence-electron chi connectivity index (χ0n) is 10.7. The molecule has 0 bridgehead atoms. The van der Waals surface area contributed by atoms with Crippen LogP contribution >= 0.6 is 23.2 Å². The predicted octanol–water partition coefficient (Wildman–Crippen LogP) is 4.92. The van der Waals surface area contributed by atoms with E-state index in [1.807, 2.05) is 0 Å². The second kappa shape index (κ2) is 7.11. The molecule has 2 aromatic carbocycles. The first-order valence-corrected chi connectivity index (χ1v) is 6.75. The van der Waals surface area contributed by atoms with Crippen molar-refractivity contribution in [2.45, 2.75) is 0 Å². The molecule has 3 nitrogen and oxygen atoms in total. The van der Waals surface area contributed by atoms with Crippen molar-refractivity contribution in [1.82, 2.24) is 5.32 Å². The third-order valence-corrected chi connectivity index (χ3v) is 3.26. The molecular formula is C15H11Cl2FN2O. The minimum absolute atomic E-state index is 0.336. The molecular weight excluding hydrogens is 314 g/mol. The van der Waals surface area contributed by atoms with Crippen molar-refractivity contribution in [2.75, 3.05) is 5.32 Å². The molecule has 6 heteroatoms. The third kappa shape index (κ3) is 4.77. The standard InChI is InChI=1S/C15H11Cl2FN2O/c16-13-5-4-12(9-14(13)17)20-15(21)19-7-6-10-2-1-3-11(18)8-10/h1-9H,(H2,19,20,21)/b7-6+. The van der Waals surface area contributed by atoms with E-state index in [0.717, 1.165) is 0 Å². The van der Waals surface area contributed by atoms with E-state index in [4.69, 9.17) is 23.2 Å². The van der Waals surface area contributed by atoms with E-state index in [2.05, 4.69) is 10.6 Å². The van der Waals surface area contributed by atoms with Crippen LogP contribution in [-0.4, -0.2) is 6.03 Å². The number of hydrogen-bond donors (Lipinski definition) is 2. The average Bonchev–Trinajstić information content (AvgIpc) is 2.43. The molecule has 0 saturated heterocycles. The lowest BCUT2D eigenvalue weighted by molar-refractivity contribution is 0.255. The van der Waals surface area contributed by atoms with Gasteiger partial charge in [0.15, 0.2) is 0 Å². The molecule has 0 saturated carbocycles. The number of carbonyl (C=O) groups is 1. The van der Waals surface area contributed by atoms with E-state index in [1.165, 1.54) is 18.3 Å². The summed E-state index contributed by atoms with van der Waals surface area (Å²) in [5, 5.41) is 5.86. The minimum atomic E-state index is -0.443. The Morgan fingerprint density at radius 3 is 2.62 bits per heavy atom. The quantitative estimate of drug-likeness (QED) is 0.826. The second-order valence-corrected chi connectivity index (χ2v) is 4.93. The summed E-state index contributed by atoms with van der Waals surface area (Å²) >= 11 is 11.6. The lowest BCUT2D eigenvalue weighted by Crippen LogP contribution is -2.23. The van der Waals surface area contributed by atoms with Crippen molar-refractivity contribution in [3.63, 3.8) is 0 Å². The van der Waals surface area contributed by atoms with Crippen LogP contribution in [0.1, 0.15) is 5.56 Å². The van der Waals surface area contributed by atoms with Crippen LogP contribution in [-0.2, 0) is 0 Å². The maximum Gasteiger partial charge on any atom is 0.323 e. The lowest BCUT2D eigenvalue weighted by atomic mass is 10.2. The summed E-state index contributed by atoms with van der Waals surface area (Å²) in [4.78, 5) is 11.6. The topological polar surface area (TPSA) is 41.1 Å². The van der Waals surface area contributed by atoms with Crippen LogP contribution in [0.15, 0.2) is 48.7 Å². The van der Waals surface area contributed by atoms with Gasteiger partial charge in [0.25, 0.3) is 0 Å². The summed E-state index contributed by atoms with van der Waals surface area (Å²) in [7, 11) is 0. The van der Waals surface area contributed by atoms with Crippen molar-refractivity contribution in [2.24, 2.45) is 0 Å². The molecule has 0 radical (unpaired) electrons. The van der Waals surface area contributed by atoms with Gasteiger partial charge in [-0.1, -0.05) is 35.3 Å². The van der Waals surface area contributed by atoms with E-state index in [-0.39, 0.29) is 5.82 Å². The molecule has 21 heavy (non-hydrogen) atoms. The van der Waals surface area contributed by atoms with Crippen LogP contribution in [0, 0.1) is 5.82 Å². The first-order valence-electron chi connectivity index (χ1n) is 5.99. The number of benzene rings is 2. The van der Waals surface area contributed by atoms with Crippen molar-refractivity contribution in [3.05, 3.63) is 70.1 Å². The highest BCUT2D eigenvalue weighted by atomic mass is 35.5. The molecule has 0 fully saturated rings. The van der Waals surface area contributed by atoms with Gasteiger partial charge in [-0.3, -0.25) is 0 Å². The Balaban J connectivity index is 1.91. The summed E-state index contributed by atoms with van der Waals surface area (Å²) in [6.45, 7) is 0. The molecule has 0 atom stereocenters. The predicted molar refractivity (Wildman–Crippen MR) is 84.1 cm³/mol. The highest BCUT2D eigenvalue weighted by Crippen LogP contribution is 2.24. The fraction of sp³-hybridized carbons (Fsp3) is 0. The minimum Gasteiger partial charge on any atom is -0.314 e. The van der Waals surface area contributed by atoms with Gasteiger partial charge in [-0.05, 0) is 42.0 Å². The number of amides is 2. The van der Waals surface area contributed by atoms with Crippen LogP contribution in [0.3, 0.4) is 0 Å². The lowest BCUT2D eigenvalue weighted by Gasteiger charge is -2.05. The molecule has 2 amide bonds. The van der Waals surface area contributed by atoms with Gasteiger partial charge in [0, 0.05) is 11.9 Å². The molecule has 0 aliphatic carbocycles. The molecule has 2 rings (SSSR count). The monoisotopic (exact) mass is 324 g/mol. The average molecular weight is 325 g/mol. The number of urea groups is 1. The molecule has 0 aliphatic heterocycles. The van der Waals surface area contributed by atoms with Gasteiger partial charge in [-0.2, -0.15) is 0 Å². The van der Waals surface area contributed by atoms with Crippen LogP contribution < -0.4 is 10.6 Å². The Kier molecular flexibility index (Phi) is 5.20. The van der Waals surface area contributed by atoms with E-state index < -0.39 is 6.03 Å². The Morgan fingerprint density at radius 2 is 1.90 bits per heavy atom. The van der Waals surface area contributed by atoms with Gasteiger partial charge in [-0.25, -0.2) is 9.18 Å². The van der Waals surface area contributed by atoms with Crippen LogP contribution in [0.4, 0.5) is 14.9 Å². The molecule has 2 aromatic rings. The summed E-state index contributed by atoms with van der Waals surface area (Å²) in [5.74, 6) is -0.336. The Morgan fingerprint density at radius 1 is 1.10 bits per heavy atom. The first kappa shape index (κ1) is 15.4. The normalized spacial score (nSPS) is 10.6. The van der Waals surface area contributed by atoms with E-state index in [1.54, 1.807) is 36.4 Å². The SMILES string of the molecule is O=C(N/C=C/c1cccc(F)c1)Nc1ccc(Cl)c(Cl)c1. The maximum absolute atomic E-state index is 13.0. The highest BCUT2D eigenvalue weighted by Gasteiger charge is 2.02. The third-order valence-electron chi connectivity index (χ3n) is 2.52. The number of hydrogen-bond acceptors (Lipinski definition) is 1. The van der Waals surface area contributed by atoms with Crippen molar-refractivity contribution < 1.29 is 9.18 Å². The van der Waals surface area contributed by atoms with E-state index in [0.29, 0.717) is 21.3 Å². The van der Waals surface area contributed by atoms with Crippen LogP contribution in [0.2, 0.25) is 10.0 Å². The summed E-state index contributed by atoms with van der Waals surface area (Å²) in [6, 6.07) is 10.3. The maximum atomic E-state index is 13.0. The summed E-state index contributed by atoms with van der Waals surface area (Å²) < 4.78 is 13.0. The fourth-order valence-corrected chi connectivity index (χ4v) is 1.86. The van der Waals surface area contributed by atoms with Crippen molar-refractivity contribution in [1.29, 1.82) is 0 Å². The number of halogens is 3. The van der Waals surface area contributed by atoms with E-state index in [9.17, 15) is 9.18 Å². The van der Waals surface area contributed by atoms with Gasteiger partial charge in [0.2, 0.25) is 0 Å². The zero-order chi connectivity index (χ0) is 15.2. The van der Waals surface area contributed by atoms with Gasteiger partial charge in [-0.15, -0.1) is 0 Å². The molecule has 0 unspecified atom stereocenters. The van der Waals surface area contributed by atoms with Gasteiger partial charge in [0.1, 0.15) is 5.82 Å². The summed E-state index contributed by atoms with van der Waals surface area (Å²) in [6.07, 6.45) is 3.00. The first-order chi connectivity index (χ1) is 10.0. The number of nitrogens with one attached hydrogen (secondary N) is 2. The van der Waals surface area contributed by atoms with Crippen molar-refractivity contribution >= 4 is 41.0 Å². The smallest absolute Gasteiger partial charge is 0.314 e. The number of carbonyl (C=O) groups excluding carboxylic acids is 1. The second-order valence-electron chi connectivity index (χ2n) is 4.12. The molecule has 108 valence electrons. The van der Waals surface area contributed by atoms with Crippen LogP contribution in [0.25, 0.3) is 6.08 Å². The van der Waals surface area contributed by atoms with Gasteiger partial charge >= 0.3 is 6.03 Å². The fourth-order valence-electron chi connectivity index (χ4n) is 1.56. The highest BCUT2D eigenvalue weighted by molar-refractivity contribution is 6.42. The Labute approximate surface area is 131 Å². The molecule has 2 N–H and O–H groups in total. The Hall–Kier alpha value is -2.04. The molecule has 0 spiro atoms. The van der Waals surface area contributed by atoms with Crippen molar-refractivity contribution in [3.8, 4) is 0 Å². The van der Waals surface area contributed by atoms with Crippen LogP contribution in [0.5, 0.6) is 0 Å². The number of rotatable bonds is 3. The molecule has 0 heterocycles. The molecule has 0 aliphatic rings. The summed E-state index contributed by atoms with van der Waals surface area (Å²) in [5.41, 5.74) is 1.16. The van der Waals surface area contributed by atoms with Gasteiger partial charge in [0.05, 0.1) is 10.0 Å². The van der Waals surface area contributed by atoms with Gasteiger partial charge < -0.3 is 10.6 Å².